The summed E-state index contributed by atoms with van der Waals surface area (Å²) >= 11 is 0. The number of aromatic carboxylic acids is 1. The fraction of sp³-hybridized carbons (Fsp3) is 0. The molecule has 5 N–H and O–H groups in total. The lowest BCUT2D eigenvalue weighted by Crippen LogP contribution is -2.51. The molecule has 0 atom stereocenters. The minimum absolute atomic E-state index is 0.245. The third-order valence-corrected chi connectivity index (χ3v) is 1.91. The van der Waals surface area contributed by atoms with Gasteiger partial charge in [-0.1, -0.05) is 12.1 Å². The van der Waals surface area contributed by atoms with Crippen molar-refractivity contribution < 1.29 is 30.0 Å². The van der Waals surface area contributed by atoms with E-state index in [1.807, 2.05) is 0 Å². The quantitative estimate of drug-likeness (QED) is 0.334. The molecule has 0 amide bonds. The number of rotatable bonds is 3. The zero-order chi connectivity index (χ0) is 11.6. The smallest absolute Gasteiger partial charge is 0.478 e. The molecule has 0 spiro atoms. The predicted molar refractivity (Wildman–Crippen MR) is 53.1 cm³/mol. The summed E-state index contributed by atoms with van der Waals surface area (Å²) in [4.78, 5) is 10.7. The van der Waals surface area contributed by atoms with Gasteiger partial charge in [0.1, 0.15) is 0 Å². The van der Waals surface area contributed by atoms with Crippen LogP contribution >= 0.6 is 0 Å². The number of benzene rings is 1. The van der Waals surface area contributed by atoms with E-state index in [1.165, 1.54) is 12.1 Å². The predicted octanol–water partition coefficient (Wildman–Crippen LogP) is -3.26. The molecule has 1 rings (SSSR count). The number of carboxylic acids is 1. The highest BCUT2D eigenvalue weighted by Gasteiger charge is 2.28. The van der Waals surface area contributed by atoms with E-state index in [0.29, 0.717) is 0 Å². The lowest BCUT2D eigenvalue weighted by Gasteiger charge is -2.10. The molecule has 0 aromatic heterocycles. The van der Waals surface area contributed by atoms with Crippen LogP contribution in [0.3, 0.4) is 0 Å². The van der Waals surface area contributed by atoms with Crippen LogP contribution in [0, 0.1) is 0 Å². The number of carboxylic acid groups (broad SMARTS) is 1. The summed E-state index contributed by atoms with van der Waals surface area (Å²) in [5.41, 5.74) is -1.04. The molecule has 0 heterocycles. The van der Waals surface area contributed by atoms with E-state index in [2.05, 4.69) is 0 Å². The molecule has 8 heteroatoms. The minimum Gasteiger partial charge on any atom is -0.478 e. The SMILES string of the molecule is O=C(O)c1cccc(B(O)O)c1B(O)O. The van der Waals surface area contributed by atoms with Gasteiger partial charge in [-0.2, -0.15) is 0 Å². The molecular weight excluding hydrogens is 202 g/mol. The van der Waals surface area contributed by atoms with Crippen molar-refractivity contribution in [2.45, 2.75) is 0 Å². The molecule has 0 bridgehead atoms. The molecule has 6 nitrogen and oxygen atoms in total. The van der Waals surface area contributed by atoms with E-state index in [9.17, 15) is 4.79 Å². The number of carbonyl (C=O) groups is 1. The van der Waals surface area contributed by atoms with E-state index in [0.717, 1.165) is 6.07 Å². The van der Waals surface area contributed by atoms with Crippen LogP contribution < -0.4 is 10.9 Å². The third-order valence-electron chi connectivity index (χ3n) is 1.91. The normalized spacial score (nSPS) is 9.87. The van der Waals surface area contributed by atoms with Crippen LogP contribution in [-0.2, 0) is 0 Å². The van der Waals surface area contributed by atoms with Gasteiger partial charge in [-0.05, 0) is 17.0 Å². The van der Waals surface area contributed by atoms with E-state index < -0.39 is 25.7 Å². The van der Waals surface area contributed by atoms with Crippen molar-refractivity contribution in [3.05, 3.63) is 23.8 Å². The summed E-state index contributed by atoms with van der Waals surface area (Å²) in [6, 6.07) is 3.62. The Labute approximate surface area is 85.7 Å². The highest BCUT2D eigenvalue weighted by atomic mass is 16.4. The third kappa shape index (κ3) is 2.37. The molecule has 0 aliphatic carbocycles. The van der Waals surface area contributed by atoms with Crippen molar-refractivity contribution in [3.63, 3.8) is 0 Å². The van der Waals surface area contributed by atoms with Crippen LogP contribution in [0.25, 0.3) is 0 Å². The highest BCUT2D eigenvalue weighted by Crippen LogP contribution is 1.96. The second kappa shape index (κ2) is 4.45. The maximum atomic E-state index is 10.7. The van der Waals surface area contributed by atoms with Crippen LogP contribution in [0.4, 0.5) is 0 Å². The fourth-order valence-electron chi connectivity index (χ4n) is 1.28. The summed E-state index contributed by atoms with van der Waals surface area (Å²) in [6.07, 6.45) is 0. The molecule has 0 unspecified atom stereocenters. The molecule has 78 valence electrons. The molecule has 15 heavy (non-hydrogen) atoms. The van der Waals surface area contributed by atoms with Gasteiger partial charge in [0.05, 0.1) is 5.56 Å². The van der Waals surface area contributed by atoms with E-state index in [1.54, 1.807) is 0 Å². The lowest BCUT2D eigenvalue weighted by molar-refractivity contribution is 0.0698. The van der Waals surface area contributed by atoms with Crippen molar-refractivity contribution in [3.8, 4) is 0 Å². The number of hydrogen-bond donors (Lipinski definition) is 5. The highest BCUT2D eigenvalue weighted by molar-refractivity contribution is 6.72. The maximum Gasteiger partial charge on any atom is 0.488 e. The average Bonchev–Trinajstić information content (AvgIpc) is 2.16. The first-order valence-corrected chi connectivity index (χ1v) is 4.03. The van der Waals surface area contributed by atoms with E-state index in [-0.39, 0.29) is 11.0 Å². The van der Waals surface area contributed by atoms with Crippen LogP contribution in [-0.4, -0.2) is 45.4 Å². The van der Waals surface area contributed by atoms with Crippen molar-refractivity contribution in [1.82, 2.24) is 0 Å². The molecular formula is C7H8B2O6. The van der Waals surface area contributed by atoms with Gasteiger partial charge in [-0.15, -0.1) is 0 Å². The summed E-state index contributed by atoms with van der Waals surface area (Å²) in [7, 11) is -4.03. The molecule has 0 radical (unpaired) electrons. The van der Waals surface area contributed by atoms with Crippen LogP contribution in [0.5, 0.6) is 0 Å². The van der Waals surface area contributed by atoms with Gasteiger partial charge in [0.25, 0.3) is 0 Å². The molecule has 0 aliphatic heterocycles. The largest absolute Gasteiger partial charge is 0.488 e. The summed E-state index contributed by atoms with van der Waals surface area (Å²) in [5.74, 6) is -1.37. The van der Waals surface area contributed by atoms with Gasteiger partial charge in [-0.3, -0.25) is 0 Å². The van der Waals surface area contributed by atoms with Crippen LogP contribution in [0.1, 0.15) is 10.4 Å². The minimum atomic E-state index is -2.07. The molecule has 0 saturated carbocycles. The first-order valence-electron chi connectivity index (χ1n) is 4.03. The van der Waals surface area contributed by atoms with Gasteiger partial charge in [0.15, 0.2) is 0 Å². The second-order valence-corrected chi connectivity index (χ2v) is 2.86. The Morgan fingerprint density at radius 3 is 2.07 bits per heavy atom. The lowest BCUT2D eigenvalue weighted by atomic mass is 9.64. The van der Waals surface area contributed by atoms with Crippen LogP contribution in [0.15, 0.2) is 18.2 Å². The van der Waals surface area contributed by atoms with E-state index in [4.69, 9.17) is 25.2 Å². The van der Waals surface area contributed by atoms with Crippen molar-refractivity contribution in [1.29, 1.82) is 0 Å². The van der Waals surface area contributed by atoms with Gasteiger partial charge < -0.3 is 25.2 Å². The monoisotopic (exact) mass is 210 g/mol. The fourth-order valence-corrected chi connectivity index (χ4v) is 1.28. The van der Waals surface area contributed by atoms with Gasteiger partial charge in [0.2, 0.25) is 0 Å². The van der Waals surface area contributed by atoms with Crippen LogP contribution in [0.2, 0.25) is 0 Å². The molecule has 1 aromatic rings. The molecule has 1 aromatic carbocycles. The summed E-state index contributed by atoms with van der Waals surface area (Å²) < 4.78 is 0. The molecule has 0 aliphatic rings. The Hall–Kier alpha value is -1.34. The first-order chi connectivity index (χ1) is 6.95. The average molecular weight is 210 g/mol. The first kappa shape index (κ1) is 11.7. The standard InChI is InChI=1S/C7H8B2O6/c10-7(11)4-2-1-3-5(8(12)13)6(4)9(14)15/h1-3,12-15H,(H,10,11). The summed E-state index contributed by atoms with van der Waals surface area (Å²) in [5, 5.41) is 44.4. The maximum absolute atomic E-state index is 10.7. The zero-order valence-corrected chi connectivity index (χ0v) is 7.53. The van der Waals surface area contributed by atoms with Crippen molar-refractivity contribution in [2.75, 3.05) is 0 Å². The van der Waals surface area contributed by atoms with Crippen molar-refractivity contribution in [2.24, 2.45) is 0 Å². The Bertz CT molecular complexity index is 378. The van der Waals surface area contributed by atoms with Gasteiger partial charge >= 0.3 is 20.2 Å². The topological polar surface area (TPSA) is 118 Å². The molecule has 0 fully saturated rings. The zero-order valence-electron chi connectivity index (χ0n) is 7.53. The second-order valence-electron chi connectivity index (χ2n) is 2.86. The van der Waals surface area contributed by atoms with Gasteiger partial charge in [-0.25, -0.2) is 4.79 Å². The Morgan fingerprint density at radius 1 is 1.07 bits per heavy atom. The van der Waals surface area contributed by atoms with E-state index >= 15 is 0 Å². The van der Waals surface area contributed by atoms with Crippen molar-refractivity contribution >= 4 is 31.1 Å². The Morgan fingerprint density at radius 2 is 1.67 bits per heavy atom. The summed E-state index contributed by atoms with van der Waals surface area (Å²) in [6.45, 7) is 0. The van der Waals surface area contributed by atoms with Gasteiger partial charge in [0, 0.05) is 0 Å². The molecule has 0 saturated heterocycles. The Kier molecular flexibility index (Phi) is 3.48. The Balaban J connectivity index is 3.42. The number of hydrogen-bond acceptors (Lipinski definition) is 5.